The van der Waals surface area contributed by atoms with Crippen molar-refractivity contribution < 1.29 is 4.21 Å². The zero-order valence-electron chi connectivity index (χ0n) is 11.4. The van der Waals surface area contributed by atoms with E-state index in [-0.39, 0.29) is 0 Å². The topological polar surface area (TPSA) is 29.1 Å². The van der Waals surface area contributed by atoms with Gasteiger partial charge < -0.3 is 5.32 Å². The Bertz CT molecular complexity index is 748. The molecule has 0 saturated heterocycles. The van der Waals surface area contributed by atoms with Gasteiger partial charge in [0.2, 0.25) is 0 Å². The fourth-order valence-electron chi connectivity index (χ4n) is 2.55. The lowest BCUT2D eigenvalue weighted by Gasteiger charge is -2.13. The van der Waals surface area contributed by atoms with Crippen LogP contribution >= 0.6 is 0 Å². The Kier molecular flexibility index (Phi) is 3.02. The van der Waals surface area contributed by atoms with Gasteiger partial charge in [-0.2, -0.15) is 0 Å². The molecule has 1 fully saturated rings. The van der Waals surface area contributed by atoms with E-state index in [1.165, 1.54) is 4.86 Å². The maximum Gasteiger partial charge on any atom is 0.0420 e. The summed E-state index contributed by atoms with van der Waals surface area (Å²) >= 11 is 0. The molecule has 1 aliphatic carbocycles. The summed E-state index contributed by atoms with van der Waals surface area (Å²) in [7, 11) is -1.99. The molecular weight excluding hydrogens is 254 g/mol. The van der Waals surface area contributed by atoms with Crippen LogP contribution in [0.5, 0.6) is 0 Å². The van der Waals surface area contributed by atoms with E-state index >= 15 is 0 Å². The Morgan fingerprint density at radius 2 is 1.79 bits per heavy atom. The third-order valence-corrected chi connectivity index (χ3v) is 6.38. The molecule has 0 bridgehead atoms. The van der Waals surface area contributed by atoms with Gasteiger partial charge in [-0.15, -0.1) is 0 Å². The number of anilines is 1. The largest absolute Gasteiger partial charge is 0.385 e. The van der Waals surface area contributed by atoms with E-state index in [4.69, 9.17) is 0 Å². The Labute approximate surface area is 114 Å². The molecule has 1 atom stereocenters. The van der Waals surface area contributed by atoms with Crippen LogP contribution in [0.4, 0.5) is 5.69 Å². The number of hydrogen-bond donors (Lipinski definition) is 1. The summed E-state index contributed by atoms with van der Waals surface area (Å²) in [6, 6.07) is 12.3. The Morgan fingerprint density at radius 3 is 2.42 bits per heavy atom. The molecule has 1 saturated carbocycles. The lowest BCUT2D eigenvalue weighted by Crippen LogP contribution is -2.05. The second kappa shape index (κ2) is 4.57. The van der Waals surface area contributed by atoms with E-state index in [0.29, 0.717) is 0 Å². The van der Waals surface area contributed by atoms with Crippen molar-refractivity contribution in [2.75, 3.05) is 18.1 Å². The molecule has 0 radical (unpaired) electrons. The predicted molar refractivity (Wildman–Crippen MR) is 84.7 cm³/mol. The summed E-state index contributed by atoms with van der Waals surface area (Å²) in [6.45, 7) is 2.98. The molecule has 100 valence electrons. The smallest absolute Gasteiger partial charge is 0.0420 e. The molecule has 0 aliphatic heterocycles. The number of benzene rings is 2. The van der Waals surface area contributed by atoms with E-state index in [1.807, 2.05) is 24.5 Å². The van der Waals surface area contributed by atoms with Crippen LogP contribution in [0, 0.1) is 0 Å². The van der Waals surface area contributed by atoms with E-state index in [1.54, 1.807) is 0 Å². The van der Waals surface area contributed by atoms with Crippen molar-refractivity contribution in [1.82, 2.24) is 0 Å². The highest BCUT2D eigenvalue weighted by Gasteiger charge is 2.23. The van der Waals surface area contributed by atoms with Crippen LogP contribution in [0.2, 0.25) is 0 Å². The normalized spacial score (nSPS) is 17.3. The van der Waals surface area contributed by atoms with Gasteiger partial charge in [-0.05, 0) is 51.7 Å². The first kappa shape index (κ1) is 12.5. The maximum atomic E-state index is 13.0. The highest BCUT2D eigenvalue weighted by Crippen LogP contribution is 2.32. The van der Waals surface area contributed by atoms with Gasteiger partial charge in [0.05, 0.1) is 0 Å². The van der Waals surface area contributed by atoms with Crippen LogP contribution in [0.25, 0.3) is 10.8 Å². The number of hydrogen-bond acceptors (Lipinski definition) is 2. The highest BCUT2D eigenvalue weighted by atomic mass is 32.2. The van der Waals surface area contributed by atoms with Gasteiger partial charge in [0.25, 0.3) is 0 Å². The molecule has 19 heavy (non-hydrogen) atoms. The maximum absolute atomic E-state index is 13.0. The molecule has 1 unspecified atom stereocenters. The summed E-state index contributed by atoms with van der Waals surface area (Å²) in [6.07, 6.45) is 3.95. The Hall–Kier alpha value is -1.48. The molecule has 1 aliphatic rings. The molecule has 0 amide bonds. The van der Waals surface area contributed by atoms with Crippen molar-refractivity contribution in [2.45, 2.75) is 24.7 Å². The molecule has 1 N–H and O–H groups in total. The van der Waals surface area contributed by atoms with Gasteiger partial charge in [-0.3, -0.25) is 4.21 Å². The molecule has 2 aromatic carbocycles. The zero-order chi connectivity index (χ0) is 13.5. The summed E-state index contributed by atoms with van der Waals surface area (Å²) in [5.41, 5.74) is 1.12. The van der Waals surface area contributed by atoms with E-state index in [9.17, 15) is 4.21 Å². The van der Waals surface area contributed by atoms with Gasteiger partial charge in [0, 0.05) is 28.8 Å². The number of nitrogens with one attached hydrogen (secondary N) is 1. The van der Waals surface area contributed by atoms with Crippen molar-refractivity contribution in [3.05, 3.63) is 36.4 Å². The molecule has 0 aromatic heterocycles. The lowest BCUT2D eigenvalue weighted by atomic mass is 10.1. The average molecular weight is 273 g/mol. The average Bonchev–Trinajstić information content (AvgIpc) is 3.24. The van der Waals surface area contributed by atoms with Gasteiger partial charge in [0.15, 0.2) is 0 Å². The second-order valence-electron chi connectivity index (χ2n) is 5.07. The fourth-order valence-corrected chi connectivity index (χ4v) is 4.67. The minimum Gasteiger partial charge on any atom is -0.385 e. The Morgan fingerprint density at radius 1 is 1.11 bits per heavy atom. The molecule has 0 heterocycles. The summed E-state index contributed by atoms with van der Waals surface area (Å²) in [4.78, 5) is 2.21. The van der Waals surface area contributed by atoms with Crippen LogP contribution in [0.1, 0.15) is 19.8 Å². The van der Waals surface area contributed by atoms with Crippen LogP contribution in [0.15, 0.2) is 41.3 Å². The van der Waals surface area contributed by atoms with Crippen LogP contribution in [0.3, 0.4) is 0 Å². The SMILES string of the molecule is CCNc1ccc(S(C)(=O)=C2CC2)c2ccccc12. The minimum absolute atomic E-state index is 0.891. The molecule has 3 heteroatoms. The molecule has 0 spiro atoms. The Balaban J connectivity index is 2.32. The summed E-state index contributed by atoms with van der Waals surface area (Å²) < 4.78 is 13.0. The van der Waals surface area contributed by atoms with Gasteiger partial charge in [-0.25, -0.2) is 0 Å². The predicted octanol–water partition coefficient (Wildman–Crippen LogP) is 3.51. The van der Waals surface area contributed by atoms with Crippen molar-refractivity contribution >= 4 is 30.8 Å². The second-order valence-corrected chi connectivity index (χ2v) is 7.77. The van der Waals surface area contributed by atoms with Crippen LogP contribution in [-0.2, 0) is 9.52 Å². The van der Waals surface area contributed by atoms with E-state index in [0.717, 1.165) is 40.7 Å². The minimum atomic E-state index is -1.99. The standard InChI is InChI=1S/C16H19NOS/c1-3-17-15-10-11-16(19(2,18)12-8-9-12)14-7-5-4-6-13(14)15/h4-7,10-11,17H,3,8-9H2,1-2H3. The lowest BCUT2D eigenvalue weighted by molar-refractivity contribution is 0.685. The first-order valence-corrected chi connectivity index (χ1v) is 8.71. The number of rotatable bonds is 3. The van der Waals surface area contributed by atoms with E-state index in [2.05, 4.69) is 30.4 Å². The van der Waals surface area contributed by atoms with E-state index < -0.39 is 9.52 Å². The van der Waals surface area contributed by atoms with Crippen LogP contribution in [-0.4, -0.2) is 21.9 Å². The summed E-state index contributed by atoms with van der Waals surface area (Å²) in [5.74, 6) is 0. The van der Waals surface area contributed by atoms with Gasteiger partial charge in [-0.1, -0.05) is 24.3 Å². The first-order chi connectivity index (χ1) is 9.14. The monoisotopic (exact) mass is 273 g/mol. The van der Waals surface area contributed by atoms with Crippen molar-refractivity contribution in [2.24, 2.45) is 0 Å². The summed E-state index contributed by atoms with van der Waals surface area (Å²) in [5, 5.41) is 5.66. The highest BCUT2D eigenvalue weighted by molar-refractivity contribution is 8.02. The van der Waals surface area contributed by atoms with Crippen molar-refractivity contribution in [1.29, 1.82) is 0 Å². The van der Waals surface area contributed by atoms with Crippen molar-refractivity contribution in [3.8, 4) is 0 Å². The third-order valence-electron chi connectivity index (χ3n) is 3.68. The van der Waals surface area contributed by atoms with Crippen LogP contribution < -0.4 is 5.32 Å². The zero-order valence-corrected chi connectivity index (χ0v) is 12.2. The molecule has 2 nitrogen and oxygen atoms in total. The quantitative estimate of drug-likeness (QED) is 0.867. The number of fused-ring (bicyclic) bond motifs is 1. The molecule has 3 rings (SSSR count). The van der Waals surface area contributed by atoms with Gasteiger partial charge >= 0.3 is 0 Å². The third kappa shape index (κ3) is 2.12. The van der Waals surface area contributed by atoms with Gasteiger partial charge in [0.1, 0.15) is 0 Å². The van der Waals surface area contributed by atoms with Crippen molar-refractivity contribution in [3.63, 3.8) is 0 Å². The molecular formula is C16H19NOS. The molecule has 2 aromatic rings. The fraction of sp³-hybridized carbons (Fsp3) is 0.312. The first-order valence-electron chi connectivity index (χ1n) is 6.74.